The van der Waals surface area contributed by atoms with E-state index in [1.54, 1.807) is 0 Å². The Balaban J connectivity index is 1.88. The molecular weight excluding hydrogens is 178 g/mol. The highest BCUT2D eigenvalue weighted by atomic mass is 16.2. The van der Waals surface area contributed by atoms with Crippen molar-refractivity contribution in [3.05, 3.63) is 0 Å². The fourth-order valence-corrected chi connectivity index (χ4v) is 2.43. The lowest BCUT2D eigenvalue weighted by Gasteiger charge is -2.23. The first kappa shape index (κ1) is 9.77. The number of nitrogens with one attached hydrogen (secondary N) is 2. The van der Waals surface area contributed by atoms with Crippen molar-refractivity contribution in [3.8, 4) is 0 Å². The van der Waals surface area contributed by atoms with E-state index in [1.165, 1.54) is 0 Å². The number of carbonyl (C=O) groups is 1. The molecule has 0 radical (unpaired) electrons. The van der Waals surface area contributed by atoms with E-state index >= 15 is 0 Å². The second-order valence-corrected chi connectivity index (χ2v) is 4.20. The summed E-state index contributed by atoms with van der Waals surface area (Å²) in [5, 5.41) is 6.29. The molecule has 2 fully saturated rings. The summed E-state index contributed by atoms with van der Waals surface area (Å²) >= 11 is 0. The van der Waals surface area contributed by atoms with Gasteiger partial charge < -0.3 is 15.5 Å². The van der Waals surface area contributed by atoms with Crippen molar-refractivity contribution in [2.75, 3.05) is 26.2 Å². The minimum atomic E-state index is 0.128. The molecule has 0 aromatic carbocycles. The zero-order valence-electron chi connectivity index (χ0n) is 8.75. The van der Waals surface area contributed by atoms with Crippen molar-refractivity contribution < 1.29 is 4.79 Å². The van der Waals surface area contributed by atoms with Crippen molar-refractivity contribution in [1.29, 1.82) is 0 Å². The van der Waals surface area contributed by atoms with Gasteiger partial charge in [-0.05, 0) is 18.8 Å². The maximum Gasteiger partial charge on any atom is 0.317 e. The Morgan fingerprint density at radius 3 is 3.21 bits per heavy atom. The van der Waals surface area contributed by atoms with E-state index in [1.807, 2.05) is 4.90 Å². The molecule has 2 atom stereocenters. The first-order chi connectivity index (χ1) is 6.83. The molecule has 2 rings (SSSR count). The van der Waals surface area contributed by atoms with Crippen LogP contribution < -0.4 is 10.6 Å². The molecule has 80 valence electrons. The van der Waals surface area contributed by atoms with Gasteiger partial charge in [0.15, 0.2) is 0 Å². The molecule has 2 heterocycles. The van der Waals surface area contributed by atoms with Crippen molar-refractivity contribution in [1.82, 2.24) is 15.5 Å². The maximum atomic E-state index is 11.7. The van der Waals surface area contributed by atoms with E-state index in [4.69, 9.17) is 0 Å². The van der Waals surface area contributed by atoms with Crippen LogP contribution in [0.1, 0.15) is 19.8 Å². The number of rotatable bonds is 2. The minimum absolute atomic E-state index is 0.128. The molecule has 2 N–H and O–H groups in total. The number of urea groups is 1. The average molecular weight is 197 g/mol. The summed E-state index contributed by atoms with van der Waals surface area (Å²) in [5.74, 6) is 0.697. The molecule has 0 unspecified atom stereocenters. The summed E-state index contributed by atoms with van der Waals surface area (Å²) in [5.41, 5.74) is 0. The van der Waals surface area contributed by atoms with Crippen LogP contribution in [0.15, 0.2) is 0 Å². The summed E-state index contributed by atoms with van der Waals surface area (Å²) in [6, 6.07) is 0.579. The van der Waals surface area contributed by atoms with Crippen LogP contribution in [0.4, 0.5) is 4.79 Å². The lowest BCUT2D eigenvalue weighted by Crippen LogP contribution is -2.45. The lowest BCUT2D eigenvalue weighted by molar-refractivity contribution is 0.192. The molecule has 14 heavy (non-hydrogen) atoms. The van der Waals surface area contributed by atoms with Gasteiger partial charge in [0.2, 0.25) is 0 Å². The van der Waals surface area contributed by atoms with Gasteiger partial charge >= 0.3 is 6.03 Å². The summed E-state index contributed by atoms with van der Waals surface area (Å²) in [6.07, 6.45) is 2.17. The van der Waals surface area contributed by atoms with Crippen molar-refractivity contribution in [3.63, 3.8) is 0 Å². The van der Waals surface area contributed by atoms with Crippen molar-refractivity contribution in [2.24, 2.45) is 5.92 Å². The predicted molar refractivity (Wildman–Crippen MR) is 55.2 cm³/mol. The molecular formula is C10H19N3O. The quantitative estimate of drug-likeness (QED) is 0.673. The van der Waals surface area contributed by atoms with Crippen LogP contribution in [-0.4, -0.2) is 43.2 Å². The normalized spacial score (nSPS) is 30.5. The molecule has 2 aliphatic rings. The van der Waals surface area contributed by atoms with Gasteiger partial charge in [0.05, 0.1) is 0 Å². The van der Waals surface area contributed by atoms with Crippen LogP contribution in [0, 0.1) is 5.92 Å². The van der Waals surface area contributed by atoms with E-state index in [0.717, 1.165) is 39.0 Å². The third-order valence-electron chi connectivity index (χ3n) is 3.23. The highest BCUT2D eigenvalue weighted by molar-refractivity contribution is 5.75. The Labute approximate surface area is 85.0 Å². The number of likely N-dealkylation sites (tertiary alicyclic amines) is 1. The van der Waals surface area contributed by atoms with Gasteiger partial charge in [0.25, 0.3) is 0 Å². The van der Waals surface area contributed by atoms with E-state index in [2.05, 4.69) is 17.6 Å². The molecule has 0 aliphatic carbocycles. The van der Waals surface area contributed by atoms with Crippen molar-refractivity contribution in [2.45, 2.75) is 25.8 Å². The van der Waals surface area contributed by atoms with E-state index in [9.17, 15) is 4.79 Å². The molecule has 0 saturated carbocycles. The molecule has 4 nitrogen and oxygen atoms in total. The monoisotopic (exact) mass is 197 g/mol. The first-order valence-electron chi connectivity index (χ1n) is 5.58. The van der Waals surface area contributed by atoms with E-state index in [-0.39, 0.29) is 6.03 Å². The Morgan fingerprint density at radius 2 is 2.43 bits per heavy atom. The number of amides is 2. The highest BCUT2D eigenvalue weighted by Gasteiger charge is 2.39. The Hall–Kier alpha value is -0.770. The standard InChI is InChI=1S/C10H19N3O/c1-2-4-12-10(14)13-5-3-8-6-11-7-9(8)13/h8-9,11H,2-7H2,1H3,(H,12,14)/t8-,9+/m0/s1. The largest absolute Gasteiger partial charge is 0.338 e. The number of fused-ring (bicyclic) bond motifs is 1. The van der Waals surface area contributed by atoms with Crippen LogP contribution in [0.3, 0.4) is 0 Å². The zero-order chi connectivity index (χ0) is 9.97. The van der Waals surface area contributed by atoms with Crippen LogP contribution in [-0.2, 0) is 0 Å². The summed E-state index contributed by atoms with van der Waals surface area (Å²) < 4.78 is 0. The van der Waals surface area contributed by atoms with Crippen LogP contribution in [0.25, 0.3) is 0 Å². The minimum Gasteiger partial charge on any atom is -0.338 e. The van der Waals surface area contributed by atoms with Crippen LogP contribution >= 0.6 is 0 Å². The topological polar surface area (TPSA) is 44.4 Å². The average Bonchev–Trinajstić information content (AvgIpc) is 2.74. The molecule has 4 heteroatoms. The molecule has 0 spiro atoms. The molecule has 2 saturated heterocycles. The zero-order valence-corrected chi connectivity index (χ0v) is 8.75. The highest BCUT2D eigenvalue weighted by Crippen LogP contribution is 2.26. The fourth-order valence-electron chi connectivity index (χ4n) is 2.43. The van der Waals surface area contributed by atoms with Gasteiger partial charge in [-0.15, -0.1) is 0 Å². The third kappa shape index (κ3) is 1.71. The SMILES string of the molecule is CCCNC(=O)N1CC[C@H]2CNC[C@H]21. The van der Waals surface area contributed by atoms with Gasteiger partial charge in [-0.3, -0.25) is 0 Å². The predicted octanol–water partition coefficient (Wildman–Crippen LogP) is 0.400. The number of carbonyl (C=O) groups excluding carboxylic acids is 1. The second-order valence-electron chi connectivity index (χ2n) is 4.20. The molecule has 0 bridgehead atoms. The smallest absolute Gasteiger partial charge is 0.317 e. The molecule has 2 aliphatic heterocycles. The van der Waals surface area contributed by atoms with Gasteiger partial charge in [0.1, 0.15) is 0 Å². The fraction of sp³-hybridized carbons (Fsp3) is 0.900. The van der Waals surface area contributed by atoms with Crippen LogP contribution in [0.2, 0.25) is 0 Å². The Bertz CT molecular complexity index is 219. The van der Waals surface area contributed by atoms with E-state index < -0.39 is 0 Å². The van der Waals surface area contributed by atoms with E-state index in [0.29, 0.717) is 12.0 Å². The number of hydrogen-bond acceptors (Lipinski definition) is 2. The second kappa shape index (κ2) is 4.17. The van der Waals surface area contributed by atoms with Crippen LogP contribution in [0.5, 0.6) is 0 Å². The van der Waals surface area contributed by atoms with Gasteiger partial charge in [-0.2, -0.15) is 0 Å². The van der Waals surface area contributed by atoms with Gasteiger partial charge in [-0.1, -0.05) is 6.92 Å². The number of nitrogens with zero attached hydrogens (tertiary/aromatic N) is 1. The van der Waals surface area contributed by atoms with Gasteiger partial charge in [-0.25, -0.2) is 4.79 Å². The Kier molecular flexibility index (Phi) is 2.91. The molecule has 2 amide bonds. The summed E-state index contributed by atoms with van der Waals surface area (Å²) in [6.45, 7) is 5.86. The first-order valence-corrected chi connectivity index (χ1v) is 5.58. The lowest BCUT2D eigenvalue weighted by atomic mass is 10.1. The third-order valence-corrected chi connectivity index (χ3v) is 3.23. The maximum absolute atomic E-state index is 11.7. The number of hydrogen-bond donors (Lipinski definition) is 2. The summed E-state index contributed by atoms with van der Waals surface area (Å²) in [4.78, 5) is 13.7. The molecule has 0 aromatic rings. The van der Waals surface area contributed by atoms with Gasteiger partial charge in [0, 0.05) is 32.2 Å². The molecule has 0 aromatic heterocycles. The van der Waals surface area contributed by atoms with Crippen molar-refractivity contribution >= 4 is 6.03 Å². The Morgan fingerprint density at radius 1 is 1.57 bits per heavy atom. The summed E-state index contributed by atoms with van der Waals surface area (Å²) in [7, 11) is 0.